The number of aromatic nitrogens is 2. The maximum Gasteiger partial charge on any atom is 0.340 e. The van der Waals surface area contributed by atoms with Gasteiger partial charge in [-0.25, -0.2) is 4.79 Å². The fourth-order valence-electron chi connectivity index (χ4n) is 2.72. The number of aryl methyl sites for hydroxylation is 1. The summed E-state index contributed by atoms with van der Waals surface area (Å²) >= 11 is 0. The van der Waals surface area contributed by atoms with Crippen LogP contribution in [0.4, 0.5) is 0 Å². The number of ether oxygens (including phenoxy) is 1. The first-order valence-electron chi connectivity index (χ1n) is 7.66. The minimum Gasteiger partial charge on any atom is -0.462 e. The van der Waals surface area contributed by atoms with E-state index in [4.69, 9.17) is 4.74 Å². The monoisotopic (exact) mass is 306 g/mol. The lowest BCUT2D eigenvalue weighted by atomic mass is 9.88. The first kappa shape index (κ1) is 16.4. The molecule has 0 unspecified atom stereocenters. The second kappa shape index (κ2) is 7.41. The molecule has 2 saturated carbocycles. The zero-order chi connectivity index (χ0) is 16.2. The summed E-state index contributed by atoms with van der Waals surface area (Å²) in [4.78, 5) is 12.4. The predicted octanol–water partition coefficient (Wildman–Crippen LogP) is 2.66. The van der Waals surface area contributed by atoms with Crippen LogP contribution in [0.1, 0.15) is 34.2 Å². The molecule has 2 aliphatic rings. The van der Waals surface area contributed by atoms with E-state index >= 15 is 0 Å². The quantitative estimate of drug-likeness (QED) is 0.785. The van der Waals surface area contributed by atoms with E-state index in [1.807, 2.05) is 51.4 Å². The Morgan fingerprint density at radius 1 is 1.04 bits per heavy atom. The molecule has 0 bridgehead atoms. The van der Waals surface area contributed by atoms with Crippen molar-refractivity contribution in [1.29, 1.82) is 0 Å². The molecule has 0 amide bonds. The summed E-state index contributed by atoms with van der Waals surface area (Å²) < 4.78 is 5.23. The smallest absolute Gasteiger partial charge is 0.340 e. The highest BCUT2D eigenvalue weighted by Gasteiger charge is 2.30. The topological polar surface area (TPSA) is 52.1 Å². The molecule has 0 N–H and O–H groups in total. The summed E-state index contributed by atoms with van der Waals surface area (Å²) in [5, 5.41) is 8.52. The highest BCUT2D eigenvalue weighted by atomic mass is 16.5. The highest BCUT2D eigenvalue weighted by molar-refractivity contribution is 5.93. The van der Waals surface area contributed by atoms with Gasteiger partial charge >= 0.3 is 5.97 Å². The third-order valence-corrected chi connectivity index (χ3v) is 3.78. The number of carbonyl (C=O) groups is 1. The van der Waals surface area contributed by atoms with Gasteiger partial charge in [0.05, 0.1) is 23.6 Å². The van der Waals surface area contributed by atoms with Gasteiger partial charge in [0.15, 0.2) is 0 Å². The highest BCUT2D eigenvalue weighted by Crippen LogP contribution is 2.36. The van der Waals surface area contributed by atoms with E-state index in [0.717, 1.165) is 23.1 Å². The lowest BCUT2D eigenvalue weighted by Gasteiger charge is -2.19. The number of esters is 1. The second-order valence-corrected chi connectivity index (χ2v) is 5.35. The van der Waals surface area contributed by atoms with Crippen molar-refractivity contribution in [3.05, 3.63) is 85.7 Å². The van der Waals surface area contributed by atoms with Crippen molar-refractivity contribution < 1.29 is 9.53 Å². The van der Waals surface area contributed by atoms with Gasteiger partial charge in [0, 0.05) is 5.92 Å². The van der Waals surface area contributed by atoms with Crippen LogP contribution in [0.5, 0.6) is 0 Å². The molecule has 3 rings (SSSR count). The van der Waals surface area contributed by atoms with Crippen molar-refractivity contribution in [2.24, 2.45) is 0 Å². The van der Waals surface area contributed by atoms with Crippen LogP contribution in [0.3, 0.4) is 0 Å². The zero-order valence-electron chi connectivity index (χ0n) is 13.2. The Morgan fingerprint density at radius 2 is 1.70 bits per heavy atom. The average Bonchev–Trinajstić information content (AvgIpc) is 3.21. The van der Waals surface area contributed by atoms with E-state index in [0.29, 0.717) is 24.3 Å². The summed E-state index contributed by atoms with van der Waals surface area (Å²) in [6, 6.07) is 0. The molecule has 0 atom stereocenters. The summed E-state index contributed by atoms with van der Waals surface area (Å²) in [6.07, 6.45) is 16.5. The maximum absolute atomic E-state index is 12.4. The summed E-state index contributed by atoms with van der Waals surface area (Å²) in [5.74, 6) is 1.76. The van der Waals surface area contributed by atoms with Gasteiger partial charge in [-0.2, -0.15) is 10.2 Å². The third-order valence-electron chi connectivity index (χ3n) is 3.78. The second-order valence-electron chi connectivity index (χ2n) is 5.35. The molecule has 0 spiro atoms. The van der Waals surface area contributed by atoms with Crippen LogP contribution in [0.2, 0.25) is 0 Å². The lowest BCUT2D eigenvalue weighted by molar-refractivity contribution is 0.0523. The van der Waals surface area contributed by atoms with E-state index < -0.39 is 0 Å². The first-order valence-corrected chi connectivity index (χ1v) is 7.66. The van der Waals surface area contributed by atoms with E-state index in [1.54, 1.807) is 13.8 Å². The standard InChI is InChI=1S/C19H18N2O2/c1-3-23-19(22)17-13(2)20-21-18(15-10-6-7-11-15)16(17)12-14-8-4-5-9-14/h4-11H,3,12H2,1-2H3. The van der Waals surface area contributed by atoms with E-state index in [9.17, 15) is 4.79 Å². The molecule has 0 aromatic carbocycles. The van der Waals surface area contributed by atoms with Crippen molar-refractivity contribution in [3.8, 4) is 0 Å². The van der Waals surface area contributed by atoms with Crippen molar-refractivity contribution in [2.75, 3.05) is 6.61 Å². The van der Waals surface area contributed by atoms with Crippen molar-refractivity contribution in [1.82, 2.24) is 10.2 Å². The van der Waals surface area contributed by atoms with Crippen molar-refractivity contribution in [2.45, 2.75) is 20.3 Å². The molecule has 2 fully saturated rings. The molecule has 116 valence electrons. The Morgan fingerprint density at radius 3 is 2.35 bits per heavy atom. The molecule has 23 heavy (non-hydrogen) atoms. The van der Waals surface area contributed by atoms with Crippen LogP contribution in [0.15, 0.2) is 0 Å². The summed E-state index contributed by atoms with van der Waals surface area (Å²) in [6.45, 7) is 3.93. The SMILES string of the molecule is CCOC(=O)c1c(C)nnc([C]2[CH][CH][CH][CH]2)c1C[C]1[CH][CH][CH][CH]1. The van der Waals surface area contributed by atoms with Gasteiger partial charge in [-0.3, -0.25) is 0 Å². The molecule has 2 aliphatic carbocycles. The molecule has 0 saturated heterocycles. The fraction of sp³-hybridized carbons (Fsp3) is 0.211. The normalized spacial score (nSPS) is 19.4. The Bertz CT molecular complexity index is 559. The van der Waals surface area contributed by atoms with Crippen LogP contribution in [0.25, 0.3) is 0 Å². The molecule has 1 aromatic rings. The molecule has 1 aromatic heterocycles. The van der Waals surface area contributed by atoms with Gasteiger partial charge in [-0.15, -0.1) is 0 Å². The Hall–Kier alpha value is -1.45. The van der Waals surface area contributed by atoms with E-state index in [-0.39, 0.29) is 5.97 Å². The molecule has 1 heterocycles. The Kier molecular flexibility index (Phi) is 5.29. The van der Waals surface area contributed by atoms with Crippen LogP contribution in [0, 0.1) is 70.1 Å². The number of carbonyl (C=O) groups excluding carboxylic acids is 1. The van der Waals surface area contributed by atoms with Gasteiger partial charge in [-0.1, -0.05) is 0 Å². The zero-order valence-corrected chi connectivity index (χ0v) is 13.2. The molecule has 4 nitrogen and oxygen atoms in total. The predicted molar refractivity (Wildman–Crippen MR) is 86.4 cm³/mol. The largest absolute Gasteiger partial charge is 0.462 e. The Labute approximate surface area is 139 Å². The van der Waals surface area contributed by atoms with E-state index in [1.165, 1.54) is 0 Å². The van der Waals surface area contributed by atoms with Crippen molar-refractivity contribution >= 4 is 5.97 Å². The molecular formula is C19H18N2O2. The van der Waals surface area contributed by atoms with Crippen LogP contribution in [-0.4, -0.2) is 22.8 Å². The maximum atomic E-state index is 12.4. The van der Waals surface area contributed by atoms with Gasteiger partial charge in [0.1, 0.15) is 0 Å². The number of nitrogens with zero attached hydrogens (tertiary/aromatic N) is 2. The average molecular weight is 306 g/mol. The molecule has 10 radical (unpaired) electrons. The first-order chi connectivity index (χ1) is 11.2. The van der Waals surface area contributed by atoms with Gasteiger partial charge in [0.25, 0.3) is 0 Å². The Balaban J connectivity index is 2.00. The van der Waals surface area contributed by atoms with Crippen molar-refractivity contribution in [3.63, 3.8) is 0 Å². The molecular weight excluding hydrogens is 288 g/mol. The van der Waals surface area contributed by atoms with Gasteiger partial charge < -0.3 is 4.74 Å². The van der Waals surface area contributed by atoms with Crippen LogP contribution < -0.4 is 0 Å². The minimum absolute atomic E-state index is 0.335. The molecule has 0 aliphatic heterocycles. The number of hydrogen-bond acceptors (Lipinski definition) is 4. The lowest BCUT2D eigenvalue weighted by Crippen LogP contribution is -2.19. The number of hydrogen-bond donors (Lipinski definition) is 0. The van der Waals surface area contributed by atoms with Crippen LogP contribution >= 0.6 is 0 Å². The van der Waals surface area contributed by atoms with Gasteiger partial charge in [0.2, 0.25) is 0 Å². The summed E-state index contributed by atoms with van der Waals surface area (Å²) in [7, 11) is 0. The summed E-state index contributed by atoms with van der Waals surface area (Å²) in [5.41, 5.74) is 2.73. The third kappa shape index (κ3) is 3.56. The van der Waals surface area contributed by atoms with Gasteiger partial charge in [-0.05, 0) is 83.1 Å². The fourth-order valence-corrected chi connectivity index (χ4v) is 2.72. The number of rotatable bonds is 5. The minimum atomic E-state index is -0.339. The van der Waals surface area contributed by atoms with Crippen LogP contribution in [-0.2, 0) is 11.2 Å². The molecule has 4 heteroatoms. The van der Waals surface area contributed by atoms with E-state index in [2.05, 4.69) is 10.2 Å².